The van der Waals surface area contributed by atoms with Crippen LogP contribution in [0.3, 0.4) is 0 Å². The van der Waals surface area contributed by atoms with Gasteiger partial charge in [-0.3, -0.25) is 0 Å². The summed E-state index contributed by atoms with van der Waals surface area (Å²) in [5, 5.41) is 0. The van der Waals surface area contributed by atoms with Crippen LogP contribution >= 0.6 is 0 Å². The summed E-state index contributed by atoms with van der Waals surface area (Å²) in [6.07, 6.45) is 1.06. The second-order valence-electron chi connectivity index (χ2n) is 2.17. The lowest BCUT2D eigenvalue weighted by atomic mass is 10.1. The molecule has 0 atom stereocenters. The van der Waals surface area contributed by atoms with Crippen molar-refractivity contribution in [3.05, 3.63) is 0 Å². The summed E-state index contributed by atoms with van der Waals surface area (Å²) >= 11 is 0. The number of hydrogen-bond donors (Lipinski definition) is 0. The van der Waals surface area contributed by atoms with Crippen LogP contribution in [0.15, 0.2) is 0 Å². The third-order valence-electron chi connectivity index (χ3n) is 0.896. The second kappa shape index (κ2) is 5.06. The minimum absolute atomic E-state index is 0.699. The van der Waals surface area contributed by atoms with Crippen molar-refractivity contribution in [1.29, 1.82) is 0 Å². The summed E-state index contributed by atoms with van der Waals surface area (Å²) in [6.45, 7) is 5.01. The largest absolute Gasteiger partial charge is 0.240 e. The van der Waals surface area contributed by atoms with Gasteiger partial charge < -0.3 is 0 Å². The average molecular weight is 118 g/mol. The van der Waals surface area contributed by atoms with Gasteiger partial charge in [-0.05, 0) is 12.3 Å². The predicted molar refractivity (Wildman–Crippen MR) is 32.4 cm³/mol. The highest BCUT2D eigenvalue weighted by atomic mass is 17.2. The van der Waals surface area contributed by atoms with Gasteiger partial charge in [0.25, 0.3) is 0 Å². The van der Waals surface area contributed by atoms with E-state index >= 15 is 0 Å². The minimum Gasteiger partial charge on any atom is -0.240 e. The second-order valence-corrected chi connectivity index (χ2v) is 2.17. The molecule has 0 radical (unpaired) electrons. The van der Waals surface area contributed by atoms with Crippen molar-refractivity contribution in [2.75, 3.05) is 13.7 Å². The first-order chi connectivity index (χ1) is 3.77. The molecule has 0 rings (SSSR count). The molecule has 0 unspecified atom stereocenters. The van der Waals surface area contributed by atoms with Crippen LogP contribution in [0.4, 0.5) is 0 Å². The maximum absolute atomic E-state index is 4.64. The fourth-order valence-corrected chi connectivity index (χ4v) is 0.367. The first-order valence-electron chi connectivity index (χ1n) is 2.93. The Morgan fingerprint density at radius 1 is 1.38 bits per heavy atom. The molecule has 0 aromatic carbocycles. The monoisotopic (exact) mass is 118 g/mol. The Bertz CT molecular complexity index is 43.8. The molecule has 0 saturated heterocycles. The van der Waals surface area contributed by atoms with Crippen molar-refractivity contribution in [3.63, 3.8) is 0 Å². The third-order valence-corrected chi connectivity index (χ3v) is 0.896. The Hall–Kier alpha value is -0.0800. The van der Waals surface area contributed by atoms with E-state index in [1.807, 2.05) is 0 Å². The molecule has 2 nitrogen and oxygen atoms in total. The summed E-state index contributed by atoms with van der Waals surface area (Å²) < 4.78 is 0. The lowest BCUT2D eigenvalue weighted by Gasteiger charge is -2.01. The van der Waals surface area contributed by atoms with Crippen LogP contribution in [-0.2, 0) is 9.78 Å². The number of hydrogen-bond acceptors (Lipinski definition) is 2. The predicted octanol–water partition coefficient (Wildman–Crippen LogP) is 1.61. The van der Waals surface area contributed by atoms with Gasteiger partial charge in [0.2, 0.25) is 0 Å². The highest BCUT2D eigenvalue weighted by Gasteiger charge is 1.91. The van der Waals surface area contributed by atoms with E-state index in [2.05, 4.69) is 23.6 Å². The van der Waals surface area contributed by atoms with Crippen molar-refractivity contribution < 1.29 is 9.78 Å². The van der Waals surface area contributed by atoms with Gasteiger partial charge >= 0.3 is 0 Å². The lowest BCUT2D eigenvalue weighted by Crippen LogP contribution is -1.96. The lowest BCUT2D eigenvalue weighted by molar-refractivity contribution is -0.273. The van der Waals surface area contributed by atoms with Gasteiger partial charge in [-0.25, -0.2) is 9.78 Å². The van der Waals surface area contributed by atoms with Crippen LogP contribution in [0.2, 0.25) is 0 Å². The highest BCUT2D eigenvalue weighted by molar-refractivity contribution is 4.39. The molecule has 0 aromatic heterocycles. The summed E-state index contributed by atoms with van der Waals surface area (Å²) in [5.74, 6) is 0.699. The van der Waals surface area contributed by atoms with Gasteiger partial charge in [0.15, 0.2) is 0 Å². The van der Waals surface area contributed by atoms with Crippen molar-refractivity contribution in [3.8, 4) is 0 Å². The topological polar surface area (TPSA) is 18.5 Å². The summed E-state index contributed by atoms with van der Waals surface area (Å²) in [7, 11) is 1.53. The van der Waals surface area contributed by atoms with Gasteiger partial charge in [0, 0.05) is 0 Å². The molecule has 8 heavy (non-hydrogen) atoms. The van der Waals surface area contributed by atoms with Crippen LogP contribution < -0.4 is 0 Å². The van der Waals surface area contributed by atoms with Gasteiger partial charge in [-0.1, -0.05) is 13.8 Å². The first-order valence-corrected chi connectivity index (χ1v) is 2.93. The van der Waals surface area contributed by atoms with E-state index in [0.717, 1.165) is 6.42 Å². The average Bonchev–Trinajstić information content (AvgIpc) is 1.66. The number of rotatable bonds is 4. The van der Waals surface area contributed by atoms with E-state index < -0.39 is 0 Å². The quantitative estimate of drug-likeness (QED) is 0.317. The van der Waals surface area contributed by atoms with Crippen LogP contribution in [0.5, 0.6) is 0 Å². The van der Waals surface area contributed by atoms with Crippen molar-refractivity contribution in [2.45, 2.75) is 20.3 Å². The van der Waals surface area contributed by atoms with Crippen molar-refractivity contribution in [2.24, 2.45) is 5.92 Å². The molecule has 0 aliphatic heterocycles. The fraction of sp³-hybridized carbons (Fsp3) is 1.00. The Morgan fingerprint density at radius 2 is 2.00 bits per heavy atom. The molecule has 0 aromatic rings. The molecule has 0 aliphatic rings. The van der Waals surface area contributed by atoms with Crippen LogP contribution in [0.1, 0.15) is 20.3 Å². The van der Waals surface area contributed by atoms with E-state index in [0.29, 0.717) is 12.5 Å². The molecule has 0 aliphatic carbocycles. The summed E-state index contributed by atoms with van der Waals surface area (Å²) in [4.78, 5) is 9.04. The smallest absolute Gasteiger partial charge is 0.0824 e. The van der Waals surface area contributed by atoms with Gasteiger partial charge in [0.05, 0.1) is 13.7 Å². The maximum Gasteiger partial charge on any atom is 0.0824 e. The maximum atomic E-state index is 4.64. The minimum atomic E-state index is 0.699. The summed E-state index contributed by atoms with van der Waals surface area (Å²) in [5.41, 5.74) is 0. The molecule has 0 spiro atoms. The van der Waals surface area contributed by atoms with E-state index in [4.69, 9.17) is 0 Å². The molecule has 0 amide bonds. The Kier molecular flexibility index (Phi) is 5.01. The zero-order chi connectivity index (χ0) is 6.41. The van der Waals surface area contributed by atoms with Crippen molar-refractivity contribution >= 4 is 0 Å². The SMILES string of the molecule is COOCCC(C)C. The van der Waals surface area contributed by atoms with Crippen LogP contribution in [0.25, 0.3) is 0 Å². The highest BCUT2D eigenvalue weighted by Crippen LogP contribution is 1.97. The molecule has 0 bridgehead atoms. The fourth-order valence-electron chi connectivity index (χ4n) is 0.367. The van der Waals surface area contributed by atoms with Crippen LogP contribution in [0, 0.1) is 5.92 Å². The van der Waals surface area contributed by atoms with E-state index in [-0.39, 0.29) is 0 Å². The van der Waals surface area contributed by atoms with Gasteiger partial charge in [-0.2, -0.15) is 0 Å². The van der Waals surface area contributed by atoms with Crippen LogP contribution in [-0.4, -0.2) is 13.7 Å². The van der Waals surface area contributed by atoms with Crippen molar-refractivity contribution in [1.82, 2.24) is 0 Å². The normalized spacial score (nSPS) is 10.5. The molecular weight excluding hydrogens is 104 g/mol. The zero-order valence-corrected chi connectivity index (χ0v) is 5.81. The molecule has 0 fully saturated rings. The standard InChI is InChI=1S/C6H14O2/c1-6(2)4-5-8-7-3/h6H,4-5H2,1-3H3. The third kappa shape index (κ3) is 5.92. The van der Waals surface area contributed by atoms with Gasteiger partial charge in [0.1, 0.15) is 0 Å². The summed E-state index contributed by atoms with van der Waals surface area (Å²) in [6, 6.07) is 0. The molecule has 0 N–H and O–H groups in total. The molecule has 0 saturated carbocycles. The zero-order valence-electron chi connectivity index (χ0n) is 5.81. The van der Waals surface area contributed by atoms with Gasteiger partial charge in [-0.15, -0.1) is 0 Å². The van der Waals surface area contributed by atoms with E-state index in [1.165, 1.54) is 7.11 Å². The first kappa shape index (κ1) is 7.92. The Morgan fingerprint density at radius 3 is 2.38 bits per heavy atom. The Labute approximate surface area is 50.7 Å². The molecular formula is C6H14O2. The Balaban J connectivity index is 2.72. The molecule has 2 heteroatoms. The molecule has 0 heterocycles. The van der Waals surface area contributed by atoms with E-state index in [9.17, 15) is 0 Å². The molecule has 50 valence electrons. The van der Waals surface area contributed by atoms with E-state index in [1.54, 1.807) is 0 Å².